The van der Waals surface area contributed by atoms with Crippen molar-refractivity contribution in [1.29, 1.82) is 0 Å². The first-order valence-electron chi connectivity index (χ1n) is 20.2. The number of rotatable bonds is 25. The van der Waals surface area contributed by atoms with Crippen LogP contribution in [0.1, 0.15) is 91.9 Å². The van der Waals surface area contributed by atoms with E-state index in [1.165, 1.54) is 23.2 Å². The van der Waals surface area contributed by atoms with Crippen LogP contribution in [0.5, 0.6) is 0 Å². The lowest BCUT2D eigenvalue weighted by Gasteiger charge is -2.18. The number of aryl methyl sites for hydroxylation is 4. The maximum absolute atomic E-state index is 13.2. The Balaban J connectivity index is 1.29. The van der Waals surface area contributed by atoms with Crippen LogP contribution in [-0.2, 0) is 41.3 Å². The summed E-state index contributed by atoms with van der Waals surface area (Å²) in [6, 6.07) is 0. The Morgan fingerprint density at radius 1 is 0.481 bits per heavy atom. The highest BCUT2D eigenvalue weighted by Gasteiger charge is 2.20. The van der Waals surface area contributed by atoms with Crippen molar-refractivity contribution in [3.05, 3.63) is 41.7 Å². The summed E-state index contributed by atoms with van der Waals surface area (Å²) >= 11 is 0. The van der Waals surface area contributed by atoms with Gasteiger partial charge >= 0.3 is 11.4 Å². The van der Waals surface area contributed by atoms with Gasteiger partial charge in [0.2, 0.25) is 11.9 Å². The third-order valence-electron chi connectivity index (χ3n) is 10.9. The fourth-order valence-electron chi connectivity index (χ4n) is 7.28. The second kappa shape index (κ2) is 20.5. The molecule has 0 fully saturated rings. The Hall–Kier alpha value is -4.18. The number of unbranched alkanes of at least 4 members (excludes halogenated alkanes) is 7. The van der Waals surface area contributed by atoms with Crippen LogP contribution in [0.15, 0.2) is 19.2 Å². The number of imidazole rings is 2. The number of anilines is 2. The molecule has 4 aromatic heterocycles. The van der Waals surface area contributed by atoms with Crippen molar-refractivity contribution in [2.45, 2.75) is 105 Å². The fraction of sp³-hybridized carbons (Fsp3) is 0.737. The van der Waals surface area contributed by atoms with Crippen molar-refractivity contribution in [2.75, 3.05) is 63.0 Å². The Morgan fingerprint density at radius 2 is 0.815 bits per heavy atom. The second-order valence-corrected chi connectivity index (χ2v) is 14.4. The Bertz CT molecular complexity index is 1900. The lowest BCUT2D eigenvalue weighted by molar-refractivity contribution is 0.303. The van der Waals surface area contributed by atoms with E-state index in [2.05, 4.69) is 48.1 Å². The van der Waals surface area contributed by atoms with Gasteiger partial charge in [-0.1, -0.05) is 66.2 Å². The molecule has 0 atom stereocenters. The van der Waals surface area contributed by atoms with Gasteiger partial charge in [0.1, 0.15) is 0 Å². The smallest absolute Gasteiger partial charge is 0.332 e. The van der Waals surface area contributed by atoms with Crippen molar-refractivity contribution in [3.8, 4) is 0 Å². The predicted molar refractivity (Wildman–Crippen MR) is 219 cm³/mol. The molecule has 4 rings (SSSR count). The molecule has 0 aliphatic rings. The van der Waals surface area contributed by atoms with Gasteiger partial charge in [0.15, 0.2) is 22.3 Å². The molecule has 4 aromatic rings. The van der Waals surface area contributed by atoms with E-state index in [1.54, 1.807) is 14.1 Å². The van der Waals surface area contributed by atoms with E-state index in [-0.39, 0.29) is 22.5 Å². The van der Waals surface area contributed by atoms with E-state index < -0.39 is 0 Å². The van der Waals surface area contributed by atoms with Gasteiger partial charge in [-0.05, 0) is 65.0 Å². The van der Waals surface area contributed by atoms with Crippen LogP contribution >= 0.6 is 0 Å². The minimum atomic E-state index is -0.377. The van der Waals surface area contributed by atoms with E-state index in [0.717, 1.165) is 126 Å². The monoisotopic (exact) mass is 755 g/mol. The minimum absolute atomic E-state index is 0.317. The normalized spacial score (nSPS) is 12.0. The van der Waals surface area contributed by atoms with Gasteiger partial charge in [0.05, 0.1) is 0 Å². The summed E-state index contributed by atoms with van der Waals surface area (Å²) in [4.78, 5) is 65.9. The van der Waals surface area contributed by atoms with Gasteiger partial charge in [-0.15, -0.1) is 0 Å². The van der Waals surface area contributed by atoms with Crippen LogP contribution < -0.4 is 33.1 Å². The first kappa shape index (κ1) is 42.6. The topological polar surface area (TPSA) is 154 Å². The molecule has 0 bridgehead atoms. The number of hydrogen-bond donors (Lipinski definition) is 2. The van der Waals surface area contributed by atoms with Gasteiger partial charge in [-0.3, -0.25) is 27.9 Å². The Labute approximate surface area is 318 Å². The van der Waals surface area contributed by atoms with Crippen molar-refractivity contribution < 1.29 is 0 Å². The van der Waals surface area contributed by atoms with Gasteiger partial charge in [0, 0.05) is 54.4 Å². The van der Waals surface area contributed by atoms with Crippen molar-refractivity contribution in [2.24, 2.45) is 28.2 Å². The molecule has 0 aliphatic heterocycles. The summed E-state index contributed by atoms with van der Waals surface area (Å²) in [5, 5.41) is 6.90. The molecular weight excluding hydrogens is 688 g/mol. The van der Waals surface area contributed by atoms with E-state index >= 15 is 0 Å². The molecule has 0 unspecified atom stereocenters. The average molecular weight is 755 g/mol. The van der Waals surface area contributed by atoms with Crippen molar-refractivity contribution in [1.82, 2.24) is 47.2 Å². The highest BCUT2D eigenvalue weighted by molar-refractivity contribution is 5.75. The van der Waals surface area contributed by atoms with Crippen LogP contribution in [0, 0.1) is 0 Å². The maximum atomic E-state index is 13.2. The molecular formula is C38H66N12O4. The number of aromatic nitrogens is 8. The van der Waals surface area contributed by atoms with E-state index in [0.29, 0.717) is 47.3 Å². The quantitative estimate of drug-likeness (QED) is 0.0965. The zero-order valence-electron chi connectivity index (χ0n) is 34.2. The molecule has 0 aliphatic carbocycles. The van der Waals surface area contributed by atoms with Gasteiger partial charge in [-0.25, -0.2) is 9.59 Å². The summed E-state index contributed by atoms with van der Waals surface area (Å²) in [6.45, 7) is 17.4. The predicted octanol–water partition coefficient (Wildman–Crippen LogP) is 3.29. The summed E-state index contributed by atoms with van der Waals surface area (Å²) < 4.78 is 9.16. The van der Waals surface area contributed by atoms with Crippen LogP contribution in [0.3, 0.4) is 0 Å². The zero-order chi connectivity index (χ0) is 39.4. The number of hydrogen-bond acceptors (Lipinski definition) is 10. The summed E-state index contributed by atoms with van der Waals surface area (Å²) in [6.07, 6.45) is 10.2. The second-order valence-electron chi connectivity index (χ2n) is 14.4. The average Bonchev–Trinajstić information content (AvgIpc) is 3.73. The molecule has 0 saturated heterocycles. The highest BCUT2D eigenvalue weighted by atomic mass is 16.2. The Kier molecular flexibility index (Phi) is 16.1. The third kappa shape index (κ3) is 9.92. The van der Waals surface area contributed by atoms with E-state index in [1.807, 2.05) is 9.13 Å². The van der Waals surface area contributed by atoms with Gasteiger partial charge < -0.3 is 29.6 Å². The molecule has 0 aromatic carbocycles. The molecule has 2 N–H and O–H groups in total. The standard InChI is InChI=1S/C38H66N12O4/c1-9-47(10-2)25-21-23-39-35-41-31-29(33(51)45(7)37(53)43(31)5)49(35)27-19-17-15-13-14-16-18-20-28-50-30-32(44(6)38(54)46(8)34(30)52)42-36(50)40-24-22-26-48(11-3)12-4/h9-28H2,1-8H3,(H,39,41)(H,40,42). The molecule has 16 heteroatoms. The molecule has 4 heterocycles. The van der Waals surface area contributed by atoms with E-state index in [9.17, 15) is 19.2 Å². The molecule has 0 spiro atoms. The zero-order valence-corrected chi connectivity index (χ0v) is 34.2. The maximum Gasteiger partial charge on any atom is 0.332 e. The molecule has 302 valence electrons. The minimum Gasteiger partial charge on any atom is -0.356 e. The fourth-order valence-corrected chi connectivity index (χ4v) is 7.28. The highest BCUT2D eigenvalue weighted by Crippen LogP contribution is 2.20. The van der Waals surface area contributed by atoms with Crippen LogP contribution in [0.4, 0.5) is 11.9 Å². The van der Waals surface area contributed by atoms with Crippen LogP contribution in [0.2, 0.25) is 0 Å². The lowest BCUT2D eigenvalue weighted by Crippen LogP contribution is -2.37. The van der Waals surface area contributed by atoms with Gasteiger partial charge in [0.25, 0.3) is 11.1 Å². The van der Waals surface area contributed by atoms with Gasteiger partial charge in [-0.2, -0.15) is 9.97 Å². The molecule has 0 radical (unpaired) electrons. The molecule has 0 saturated carbocycles. The first-order chi connectivity index (χ1) is 26.0. The first-order valence-corrected chi connectivity index (χ1v) is 20.2. The number of fused-ring (bicyclic) bond motifs is 2. The largest absolute Gasteiger partial charge is 0.356 e. The molecule has 16 nitrogen and oxygen atoms in total. The van der Waals surface area contributed by atoms with E-state index in [4.69, 9.17) is 9.97 Å². The van der Waals surface area contributed by atoms with Crippen molar-refractivity contribution >= 4 is 34.2 Å². The summed E-state index contributed by atoms with van der Waals surface area (Å²) in [5.41, 5.74) is 0.383. The number of nitrogens with zero attached hydrogens (tertiary/aromatic N) is 10. The lowest BCUT2D eigenvalue weighted by atomic mass is 10.1. The third-order valence-corrected chi connectivity index (χ3v) is 10.9. The van der Waals surface area contributed by atoms with Crippen LogP contribution in [0.25, 0.3) is 22.3 Å². The SMILES string of the molecule is CCN(CC)CCCNc1nc2c(c(=O)n(C)c(=O)n2C)n1CCCCCCCCCCn1c(NCCCN(CC)CC)nc2c1c(=O)n(C)c(=O)n2C. The molecule has 54 heavy (non-hydrogen) atoms. The summed E-state index contributed by atoms with van der Waals surface area (Å²) in [7, 11) is 6.37. The van der Waals surface area contributed by atoms with Crippen LogP contribution in [-0.4, -0.2) is 99.5 Å². The number of nitrogens with one attached hydrogen (secondary N) is 2. The summed E-state index contributed by atoms with van der Waals surface area (Å²) in [5.74, 6) is 1.29. The molecule has 0 amide bonds. The Morgan fingerprint density at radius 3 is 1.15 bits per heavy atom. The van der Waals surface area contributed by atoms with Crippen molar-refractivity contribution in [3.63, 3.8) is 0 Å².